The molecule has 0 bridgehead atoms. The first-order valence-corrected chi connectivity index (χ1v) is 6.76. The topological polar surface area (TPSA) is 55.1 Å². The van der Waals surface area contributed by atoms with E-state index in [4.69, 9.17) is 16.0 Å². The minimum atomic E-state index is -4.96. The maximum atomic E-state index is 12.3. The molecular weight excluding hydrogens is 333 g/mol. The van der Waals surface area contributed by atoms with Crippen LogP contribution in [0.25, 0.3) is 22.6 Å². The molecule has 0 saturated heterocycles. The van der Waals surface area contributed by atoms with Crippen molar-refractivity contribution in [3.05, 3.63) is 47.5 Å². The van der Waals surface area contributed by atoms with Crippen LogP contribution >= 0.6 is 11.6 Å². The van der Waals surface area contributed by atoms with Gasteiger partial charge in [-0.3, -0.25) is 4.79 Å². The van der Waals surface area contributed by atoms with Crippen molar-refractivity contribution in [3.63, 3.8) is 0 Å². The SMILES string of the molecule is O=C(Nc1ccc2nc(-c3ccccc3Cl)oc2c1)C(F)(F)F. The van der Waals surface area contributed by atoms with Crippen molar-refractivity contribution in [2.24, 2.45) is 0 Å². The average Bonchev–Trinajstić information content (AvgIpc) is 2.89. The van der Waals surface area contributed by atoms with Crippen LogP contribution in [0.2, 0.25) is 5.02 Å². The molecule has 118 valence electrons. The van der Waals surface area contributed by atoms with E-state index < -0.39 is 12.1 Å². The van der Waals surface area contributed by atoms with E-state index in [2.05, 4.69) is 4.98 Å². The van der Waals surface area contributed by atoms with Gasteiger partial charge in [-0.05, 0) is 24.3 Å². The monoisotopic (exact) mass is 340 g/mol. The van der Waals surface area contributed by atoms with Crippen LogP contribution < -0.4 is 5.32 Å². The second-order valence-corrected chi connectivity index (χ2v) is 5.04. The summed E-state index contributed by atoms with van der Waals surface area (Å²) in [7, 11) is 0. The van der Waals surface area contributed by atoms with Crippen LogP contribution in [-0.4, -0.2) is 17.1 Å². The number of oxazole rings is 1. The number of anilines is 1. The number of aromatic nitrogens is 1. The highest BCUT2D eigenvalue weighted by molar-refractivity contribution is 6.33. The third kappa shape index (κ3) is 3.14. The summed E-state index contributed by atoms with van der Waals surface area (Å²) in [6.07, 6.45) is -4.96. The van der Waals surface area contributed by atoms with Crippen molar-refractivity contribution < 1.29 is 22.4 Å². The minimum absolute atomic E-state index is 0.0401. The molecule has 0 aliphatic heterocycles. The van der Waals surface area contributed by atoms with Gasteiger partial charge >= 0.3 is 12.1 Å². The summed E-state index contributed by atoms with van der Waals surface area (Å²) in [5.74, 6) is -1.81. The Morgan fingerprint density at radius 2 is 1.91 bits per heavy atom. The zero-order chi connectivity index (χ0) is 16.6. The maximum absolute atomic E-state index is 12.3. The van der Waals surface area contributed by atoms with Crippen molar-refractivity contribution in [2.45, 2.75) is 6.18 Å². The van der Waals surface area contributed by atoms with Gasteiger partial charge in [0.25, 0.3) is 0 Å². The lowest BCUT2D eigenvalue weighted by Crippen LogP contribution is -2.29. The number of benzene rings is 2. The molecule has 4 nitrogen and oxygen atoms in total. The molecule has 23 heavy (non-hydrogen) atoms. The first-order chi connectivity index (χ1) is 10.8. The number of carbonyl (C=O) groups excluding carboxylic acids is 1. The molecule has 0 atom stereocenters. The molecule has 2 aromatic carbocycles. The normalized spacial score (nSPS) is 11.7. The van der Waals surface area contributed by atoms with E-state index >= 15 is 0 Å². The fourth-order valence-corrected chi connectivity index (χ4v) is 2.17. The summed E-state index contributed by atoms with van der Waals surface area (Å²) in [4.78, 5) is 15.2. The van der Waals surface area contributed by atoms with Gasteiger partial charge in [-0.1, -0.05) is 23.7 Å². The van der Waals surface area contributed by atoms with Crippen LogP contribution in [-0.2, 0) is 4.79 Å². The Morgan fingerprint density at radius 1 is 1.17 bits per heavy atom. The second-order valence-electron chi connectivity index (χ2n) is 4.63. The Labute approximate surface area is 132 Å². The summed E-state index contributed by atoms with van der Waals surface area (Å²) in [6, 6.07) is 10.9. The van der Waals surface area contributed by atoms with E-state index in [1.807, 2.05) is 0 Å². The Morgan fingerprint density at radius 3 is 2.61 bits per heavy atom. The van der Waals surface area contributed by atoms with E-state index in [0.29, 0.717) is 16.1 Å². The van der Waals surface area contributed by atoms with Crippen LogP contribution in [0.1, 0.15) is 0 Å². The van der Waals surface area contributed by atoms with Gasteiger partial charge in [-0.25, -0.2) is 4.98 Å². The van der Waals surface area contributed by atoms with E-state index in [9.17, 15) is 18.0 Å². The minimum Gasteiger partial charge on any atom is -0.436 e. The van der Waals surface area contributed by atoms with Crippen LogP contribution in [0, 0.1) is 0 Å². The average molecular weight is 341 g/mol. The van der Waals surface area contributed by atoms with Crippen molar-refractivity contribution >= 4 is 34.3 Å². The first-order valence-electron chi connectivity index (χ1n) is 6.38. The van der Waals surface area contributed by atoms with Gasteiger partial charge in [0.05, 0.1) is 10.6 Å². The standard InChI is InChI=1S/C15H8ClF3N2O2/c16-10-4-2-1-3-9(10)13-21-11-6-5-8(7-12(11)23-13)20-14(22)15(17,18)19/h1-7H,(H,20,22). The summed E-state index contributed by atoms with van der Waals surface area (Å²) in [5.41, 5.74) is 1.19. The second kappa shape index (κ2) is 5.58. The zero-order valence-electron chi connectivity index (χ0n) is 11.3. The van der Waals surface area contributed by atoms with Gasteiger partial charge in [0.15, 0.2) is 5.58 Å². The van der Waals surface area contributed by atoms with Gasteiger partial charge in [-0.2, -0.15) is 13.2 Å². The highest BCUT2D eigenvalue weighted by Crippen LogP contribution is 2.31. The molecule has 0 unspecified atom stereocenters. The number of amides is 1. The van der Waals surface area contributed by atoms with Crippen molar-refractivity contribution in [1.82, 2.24) is 4.98 Å². The van der Waals surface area contributed by atoms with Crippen molar-refractivity contribution in [2.75, 3.05) is 5.32 Å². The van der Waals surface area contributed by atoms with Gasteiger partial charge in [0.2, 0.25) is 5.89 Å². The molecule has 0 radical (unpaired) electrons. The third-order valence-corrected chi connectivity index (χ3v) is 3.34. The van der Waals surface area contributed by atoms with Crippen molar-refractivity contribution in [1.29, 1.82) is 0 Å². The molecular formula is C15H8ClF3N2O2. The third-order valence-electron chi connectivity index (χ3n) is 3.01. The smallest absolute Gasteiger partial charge is 0.436 e. The summed E-state index contributed by atoms with van der Waals surface area (Å²) in [6.45, 7) is 0. The summed E-state index contributed by atoms with van der Waals surface area (Å²) < 4.78 is 42.3. The summed E-state index contributed by atoms with van der Waals surface area (Å²) in [5, 5.41) is 2.19. The molecule has 0 aliphatic rings. The Bertz CT molecular complexity index is 890. The number of rotatable bonds is 2. The Hall–Kier alpha value is -2.54. The molecule has 0 spiro atoms. The molecule has 0 fully saturated rings. The highest BCUT2D eigenvalue weighted by atomic mass is 35.5. The fraction of sp³-hybridized carbons (Fsp3) is 0.0667. The highest BCUT2D eigenvalue weighted by Gasteiger charge is 2.38. The number of hydrogen-bond donors (Lipinski definition) is 1. The predicted octanol–water partition coefficient (Wildman–Crippen LogP) is 4.65. The van der Waals surface area contributed by atoms with Gasteiger partial charge in [-0.15, -0.1) is 0 Å². The van der Waals surface area contributed by atoms with Gasteiger partial charge in [0.1, 0.15) is 5.52 Å². The molecule has 3 rings (SSSR count). The van der Waals surface area contributed by atoms with Crippen molar-refractivity contribution in [3.8, 4) is 11.5 Å². The molecule has 1 amide bonds. The van der Waals surface area contributed by atoms with Crippen LogP contribution in [0.5, 0.6) is 0 Å². The number of halogens is 4. The number of hydrogen-bond acceptors (Lipinski definition) is 3. The van der Waals surface area contributed by atoms with Crippen LogP contribution in [0.4, 0.5) is 18.9 Å². The van der Waals surface area contributed by atoms with E-state index in [-0.39, 0.29) is 17.2 Å². The number of nitrogens with zero attached hydrogens (tertiary/aromatic N) is 1. The molecule has 1 N–H and O–H groups in total. The number of fused-ring (bicyclic) bond motifs is 1. The Kier molecular flexibility index (Phi) is 3.73. The molecule has 1 heterocycles. The Balaban J connectivity index is 1.96. The van der Waals surface area contributed by atoms with Gasteiger partial charge in [0, 0.05) is 11.8 Å². The predicted molar refractivity (Wildman–Crippen MR) is 79.1 cm³/mol. The lowest BCUT2D eigenvalue weighted by atomic mass is 10.2. The van der Waals surface area contributed by atoms with Crippen LogP contribution in [0.3, 0.4) is 0 Å². The molecule has 3 aromatic rings. The summed E-state index contributed by atoms with van der Waals surface area (Å²) >= 11 is 6.05. The van der Waals surface area contributed by atoms with Gasteiger partial charge < -0.3 is 9.73 Å². The van der Waals surface area contributed by atoms with E-state index in [1.165, 1.54) is 18.2 Å². The maximum Gasteiger partial charge on any atom is 0.471 e. The number of alkyl halides is 3. The molecule has 0 saturated carbocycles. The number of carbonyl (C=O) groups is 1. The number of nitrogens with one attached hydrogen (secondary N) is 1. The lowest BCUT2D eigenvalue weighted by molar-refractivity contribution is -0.167. The van der Waals surface area contributed by atoms with E-state index in [0.717, 1.165) is 0 Å². The quantitative estimate of drug-likeness (QED) is 0.738. The van der Waals surface area contributed by atoms with Crippen LogP contribution in [0.15, 0.2) is 46.9 Å². The fourth-order valence-electron chi connectivity index (χ4n) is 1.95. The molecule has 8 heteroatoms. The molecule has 0 aliphatic carbocycles. The first kappa shape index (κ1) is 15.4. The molecule has 1 aromatic heterocycles. The lowest BCUT2D eigenvalue weighted by Gasteiger charge is -2.07. The zero-order valence-corrected chi connectivity index (χ0v) is 12.1. The van der Waals surface area contributed by atoms with E-state index in [1.54, 1.807) is 29.6 Å². The largest absolute Gasteiger partial charge is 0.471 e.